The number of aryl methyl sites for hydroxylation is 1. The number of benzene rings is 2. The van der Waals surface area contributed by atoms with Crippen molar-refractivity contribution in [3.8, 4) is 11.8 Å². The normalized spacial score (nSPS) is 15.0. The van der Waals surface area contributed by atoms with Gasteiger partial charge >= 0.3 is 0 Å². The highest BCUT2D eigenvalue weighted by Crippen LogP contribution is 2.28. The van der Waals surface area contributed by atoms with Gasteiger partial charge in [-0.25, -0.2) is 13.4 Å². The van der Waals surface area contributed by atoms with Gasteiger partial charge in [0.15, 0.2) is 0 Å². The molecule has 28 heavy (non-hydrogen) atoms. The fraction of sp³-hybridized carbons (Fsp3) is 0.300. The van der Waals surface area contributed by atoms with Crippen LogP contribution >= 0.6 is 0 Å². The summed E-state index contributed by atoms with van der Waals surface area (Å²) in [6.07, 6.45) is 1.80. The minimum absolute atomic E-state index is 0.192. The molecular weight excluding hydrogens is 376 g/mol. The van der Waals surface area contributed by atoms with E-state index in [9.17, 15) is 8.42 Å². The molecule has 0 saturated carbocycles. The van der Waals surface area contributed by atoms with Gasteiger partial charge in [-0.05, 0) is 55.7 Å². The summed E-state index contributed by atoms with van der Waals surface area (Å²) >= 11 is 0. The summed E-state index contributed by atoms with van der Waals surface area (Å²) in [5.74, 6) is 1.17. The molecule has 144 valence electrons. The molecule has 1 N–H and O–H groups in total. The fourth-order valence-corrected chi connectivity index (χ4v) is 5.21. The lowest BCUT2D eigenvalue weighted by atomic mass is 10.2. The average Bonchev–Trinajstić information content (AvgIpc) is 3.37. The zero-order valence-electron chi connectivity index (χ0n) is 15.5. The monoisotopic (exact) mass is 396 g/mol. The molecule has 1 fully saturated rings. The third-order valence-corrected chi connectivity index (χ3v) is 6.97. The molecule has 3 aromatic rings. The van der Waals surface area contributed by atoms with Gasteiger partial charge in [0.2, 0.25) is 10.0 Å². The lowest BCUT2D eigenvalue weighted by Crippen LogP contribution is -2.28. The number of aromatic nitrogens is 2. The van der Waals surface area contributed by atoms with Gasteiger partial charge in [-0.15, -0.1) is 0 Å². The average molecular weight is 396 g/mol. The van der Waals surface area contributed by atoms with Gasteiger partial charge < -0.3 is 9.72 Å². The van der Waals surface area contributed by atoms with E-state index in [-0.39, 0.29) is 6.61 Å². The van der Waals surface area contributed by atoms with E-state index >= 15 is 0 Å². The maximum atomic E-state index is 12.9. The topological polar surface area (TPSA) is 99.1 Å². The van der Waals surface area contributed by atoms with Crippen LogP contribution in [0.3, 0.4) is 0 Å². The SMILES string of the molecule is Cc1c(S(=O)(=O)N2CCCC2)ccc2[nH]c(COc3cccc(C#N)c3)nc12. The smallest absolute Gasteiger partial charge is 0.243 e. The van der Waals surface area contributed by atoms with Gasteiger partial charge in [0.1, 0.15) is 18.2 Å². The number of nitrogens with zero attached hydrogens (tertiary/aromatic N) is 3. The van der Waals surface area contributed by atoms with Crippen molar-refractivity contribution >= 4 is 21.1 Å². The molecule has 1 aliphatic heterocycles. The predicted octanol–water partition coefficient (Wildman–Crippen LogP) is 3.11. The van der Waals surface area contributed by atoms with Gasteiger partial charge in [0.25, 0.3) is 0 Å². The first-order valence-electron chi connectivity index (χ1n) is 9.10. The van der Waals surface area contributed by atoms with E-state index in [0.717, 1.165) is 18.4 Å². The van der Waals surface area contributed by atoms with Crippen molar-refractivity contribution in [3.05, 3.63) is 53.3 Å². The maximum absolute atomic E-state index is 12.9. The first-order chi connectivity index (χ1) is 13.5. The summed E-state index contributed by atoms with van der Waals surface area (Å²) in [6.45, 7) is 3.12. The van der Waals surface area contributed by atoms with E-state index in [0.29, 0.717) is 46.2 Å². The van der Waals surface area contributed by atoms with E-state index in [4.69, 9.17) is 10.00 Å². The summed E-state index contributed by atoms with van der Waals surface area (Å²) in [4.78, 5) is 8.02. The van der Waals surface area contributed by atoms with Crippen LogP contribution in [0.4, 0.5) is 0 Å². The Labute approximate surface area is 163 Å². The first-order valence-corrected chi connectivity index (χ1v) is 10.5. The zero-order valence-corrected chi connectivity index (χ0v) is 16.3. The van der Waals surface area contributed by atoms with E-state index < -0.39 is 10.0 Å². The highest BCUT2D eigenvalue weighted by molar-refractivity contribution is 7.89. The second-order valence-electron chi connectivity index (χ2n) is 6.81. The molecule has 4 rings (SSSR count). The number of imidazole rings is 1. The van der Waals surface area contributed by atoms with Crippen LogP contribution in [-0.2, 0) is 16.6 Å². The molecule has 0 aliphatic carbocycles. The molecule has 0 unspecified atom stereocenters. The Hall–Kier alpha value is -2.89. The summed E-state index contributed by atoms with van der Waals surface area (Å²) in [5, 5.41) is 8.97. The number of hydrogen-bond donors (Lipinski definition) is 1. The Morgan fingerprint density at radius 1 is 1.25 bits per heavy atom. The Balaban J connectivity index is 1.61. The quantitative estimate of drug-likeness (QED) is 0.714. The minimum atomic E-state index is -3.50. The molecule has 1 aliphatic rings. The van der Waals surface area contributed by atoms with Gasteiger partial charge in [-0.2, -0.15) is 9.57 Å². The molecule has 2 aromatic carbocycles. The molecule has 0 amide bonds. The van der Waals surface area contributed by atoms with E-state index in [2.05, 4.69) is 16.0 Å². The van der Waals surface area contributed by atoms with Crippen LogP contribution in [0.15, 0.2) is 41.3 Å². The molecule has 1 aromatic heterocycles. The number of sulfonamides is 1. The highest BCUT2D eigenvalue weighted by atomic mass is 32.2. The Morgan fingerprint density at radius 2 is 2.04 bits per heavy atom. The number of rotatable bonds is 5. The molecule has 0 atom stereocenters. The highest BCUT2D eigenvalue weighted by Gasteiger charge is 2.29. The van der Waals surface area contributed by atoms with Crippen LogP contribution in [0.1, 0.15) is 29.8 Å². The largest absolute Gasteiger partial charge is 0.486 e. The van der Waals surface area contributed by atoms with Gasteiger partial charge in [0, 0.05) is 13.1 Å². The third-order valence-electron chi connectivity index (χ3n) is 4.93. The number of ether oxygens (including phenoxy) is 1. The Bertz CT molecular complexity index is 1170. The maximum Gasteiger partial charge on any atom is 0.243 e. The predicted molar refractivity (Wildman–Crippen MR) is 104 cm³/mol. The van der Waals surface area contributed by atoms with Gasteiger partial charge in [0.05, 0.1) is 27.6 Å². The van der Waals surface area contributed by atoms with E-state index in [1.807, 2.05) is 0 Å². The van der Waals surface area contributed by atoms with Crippen molar-refractivity contribution in [2.45, 2.75) is 31.3 Å². The molecule has 7 nitrogen and oxygen atoms in total. The molecular formula is C20H20N4O3S. The first kappa shape index (κ1) is 18.5. The van der Waals surface area contributed by atoms with Gasteiger partial charge in [-0.3, -0.25) is 0 Å². The lowest BCUT2D eigenvalue weighted by molar-refractivity contribution is 0.297. The zero-order chi connectivity index (χ0) is 19.7. The summed E-state index contributed by atoms with van der Waals surface area (Å²) in [5.41, 5.74) is 2.56. The Kier molecular flexibility index (Phi) is 4.79. The van der Waals surface area contributed by atoms with Crippen molar-refractivity contribution < 1.29 is 13.2 Å². The standard InChI is InChI=1S/C20H20N4O3S/c1-14-18(28(25,26)24-9-2-3-10-24)8-7-17-20(14)23-19(22-17)13-27-16-6-4-5-15(11-16)12-21/h4-8,11H,2-3,9-10,13H2,1H3,(H,22,23). The second-order valence-corrected chi connectivity index (χ2v) is 8.71. The molecule has 0 spiro atoms. The lowest BCUT2D eigenvalue weighted by Gasteiger charge is -2.17. The summed E-state index contributed by atoms with van der Waals surface area (Å²) in [6, 6.07) is 12.4. The van der Waals surface area contributed by atoms with Crippen molar-refractivity contribution in [2.24, 2.45) is 0 Å². The Morgan fingerprint density at radius 3 is 2.79 bits per heavy atom. The number of aromatic amines is 1. The number of fused-ring (bicyclic) bond motifs is 1. The molecule has 0 radical (unpaired) electrons. The van der Waals surface area contributed by atoms with Crippen molar-refractivity contribution in [1.82, 2.24) is 14.3 Å². The van der Waals surface area contributed by atoms with Crippen LogP contribution in [0.25, 0.3) is 11.0 Å². The molecule has 0 bridgehead atoms. The van der Waals surface area contributed by atoms with Crippen molar-refractivity contribution in [1.29, 1.82) is 5.26 Å². The summed E-state index contributed by atoms with van der Waals surface area (Å²) < 4.78 is 33.1. The number of hydrogen-bond acceptors (Lipinski definition) is 5. The summed E-state index contributed by atoms with van der Waals surface area (Å²) in [7, 11) is -3.50. The van der Waals surface area contributed by atoms with Gasteiger partial charge in [-0.1, -0.05) is 6.07 Å². The fourth-order valence-electron chi connectivity index (χ4n) is 3.47. The number of nitriles is 1. The second kappa shape index (κ2) is 7.26. The van der Waals surface area contributed by atoms with Crippen LogP contribution in [-0.4, -0.2) is 35.8 Å². The molecule has 8 heteroatoms. The number of H-pyrrole nitrogens is 1. The third kappa shape index (κ3) is 3.35. The van der Waals surface area contributed by atoms with Crippen molar-refractivity contribution in [3.63, 3.8) is 0 Å². The van der Waals surface area contributed by atoms with Crippen LogP contribution in [0, 0.1) is 18.3 Å². The van der Waals surface area contributed by atoms with Crippen LogP contribution in [0.2, 0.25) is 0 Å². The molecule has 1 saturated heterocycles. The number of nitrogens with one attached hydrogen (secondary N) is 1. The molecule has 2 heterocycles. The van der Waals surface area contributed by atoms with Crippen LogP contribution in [0.5, 0.6) is 5.75 Å². The van der Waals surface area contributed by atoms with Crippen molar-refractivity contribution in [2.75, 3.05) is 13.1 Å². The minimum Gasteiger partial charge on any atom is -0.486 e. The van der Waals surface area contributed by atoms with Crippen LogP contribution < -0.4 is 4.74 Å². The van der Waals surface area contributed by atoms with E-state index in [1.165, 1.54) is 0 Å². The van der Waals surface area contributed by atoms with E-state index in [1.54, 1.807) is 47.6 Å².